The Labute approximate surface area is 143 Å². The molecular formula is C20H23NO3. The van der Waals surface area contributed by atoms with Crippen LogP contribution in [0.4, 0.5) is 0 Å². The van der Waals surface area contributed by atoms with Gasteiger partial charge in [0, 0.05) is 6.21 Å². The zero-order chi connectivity index (χ0) is 17.4. The van der Waals surface area contributed by atoms with Gasteiger partial charge in [-0.25, -0.2) is 4.79 Å². The molecule has 0 saturated carbocycles. The standard InChI is InChI=1S/C20H23NO3/c1-4-23-19(22)20(2,3)24-18-12-10-17(11-13-18)15-21-14-16-8-6-5-7-9-16/h5-13,15H,4,14H2,1-3H3/b21-15+. The van der Waals surface area contributed by atoms with Gasteiger partial charge in [-0.05, 0) is 56.2 Å². The minimum Gasteiger partial charge on any atom is -0.476 e. The molecule has 0 N–H and O–H groups in total. The van der Waals surface area contributed by atoms with E-state index in [1.54, 1.807) is 20.8 Å². The SMILES string of the molecule is CCOC(=O)C(C)(C)Oc1ccc(/C=N/Cc2ccccc2)cc1. The van der Waals surface area contributed by atoms with Gasteiger partial charge in [0.05, 0.1) is 13.2 Å². The van der Waals surface area contributed by atoms with Crippen molar-refractivity contribution in [2.75, 3.05) is 6.61 Å². The average Bonchev–Trinajstić information content (AvgIpc) is 2.57. The molecule has 0 unspecified atom stereocenters. The third kappa shape index (κ3) is 5.23. The highest BCUT2D eigenvalue weighted by Crippen LogP contribution is 2.20. The number of carbonyl (C=O) groups is 1. The van der Waals surface area contributed by atoms with Gasteiger partial charge in [0.1, 0.15) is 5.75 Å². The quantitative estimate of drug-likeness (QED) is 0.570. The number of esters is 1. The molecule has 2 rings (SSSR count). The number of benzene rings is 2. The molecule has 0 aromatic heterocycles. The topological polar surface area (TPSA) is 47.9 Å². The van der Waals surface area contributed by atoms with Gasteiger partial charge in [-0.1, -0.05) is 30.3 Å². The summed E-state index contributed by atoms with van der Waals surface area (Å²) in [6, 6.07) is 17.6. The van der Waals surface area contributed by atoms with Crippen LogP contribution in [0.5, 0.6) is 5.75 Å². The minimum atomic E-state index is -1.01. The number of carbonyl (C=O) groups excluding carboxylic acids is 1. The molecule has 0 heterocycles. The van der Waals surface area contributed by atoms with E-state index < -0.39 is 5.60 Å². The first-order chi connectivity index (χ1) is 11.5. The van der Waals surface area contributed by atoms with Crippen LogP contribution >= 0.6 is 0 Å². The average molecular weight is 325 g/mol. The van der Waals surface area contributed by atoms with Crippen molar-refractivity contribution in [3.63, 3.8) is 0 Å². The first-order valence-electron chi connectivity index (χ1n) is 8.01. The van der Waals surface area contributed by atoms with Crippen molar-refractivity contribution in [2.24, 2.45) is 4.99 Å². The fraction of sp³-hybridized carbons (Fsp3) is 0.300. The molecule has 2 aromatic carbocycles. The normalized spacial score (nSPS) is 11.5. The summed E-state index contributed by atoms with van der Waals surface area (Å²) in [5.41, 5.74) is 1.14. The summed E-state index contributed by atoms with van der Waals surface area (Å²) >= 11 is 0. The second-order valence-electron chi connectivity index (χ2n) is 5.86. The van der Waals surface area contributed by atoms with Gasteiger partial charge in [-0.15, -0.1) is 0 Å². The molecule has 0 spiro atoms. The van der Waals surface area contributed by atoms with E-state index in [1.165, 1.54) is 5.56 Å². The van der Waals surface area contributed by atoms with E-state index in [2.05, 4.69) is 4.99 Å². The van der Waals surface area contributed by atoms with E-state index in [9.17, 15) is 4.79 Å². The lowest BCUT2D eigenvalue weighted by Gasteiger charge is -2.24. The first-order valence-corrected chi connectivity index (χ1v) is 8.01. The van der Waals surface area contributed by atoms with Crippen molar-refractivity contribution in [3.8, 4) is 5.75 Å². The molecular weight excluding hydrogens is 302 g/mol. The van der Waals surface area contributed by atoms with Gasteiger partial charge in [-0.2, -0.15) is 0 Å². The Morgan fingerprint density at radius 3 is 2.38 bits per heavy atom. The lowest BCUT2D eigenvalue weighted by Crippen LogP contribution is -2.39. The van der Waals surface area contributed by atoms with E-state index in [-0.39, 0.29) is 5.97 Å². The van der Waals surface area contributed by atoms with Crippen LogP contribution in [0.15, 0.2) is 59.6 Å². The van der Waals surface area contributed by atoms with Crippen molar-refractivity contribution < 1.29 is 14.3 Å². The number of rotatable bonds is 7. The van der Waals surface area contributed by atoms with Gasteiger partial charge < -0.3 is 9.47 Å². The molecule has 0 aliphatic heterocycles. The number of nitrogens with zero attached hydrogens (tertiary/aromatic N) is 1. The van der Waals surface area contributed by atoms with Crippen LogP contribution < -0.4 is 4.74 Å². The summed E-state index contributed by atoms with van der Waals surface area (Å²) in [6.07, 6.45) is 1.83. The number of hydrogen-bond acceptors (Lipinski definition) is 4. The largest absolute Gasteiger partial charge is 0.476 e. The van der Waals surface area contributed by atoms with Crippen LogP contribution in [-0.2, 0) is 16.1 Å². The molecule has 126 valence electrons. The van der Waals surface area contributed by atoms with Gasteiger partial charge in [-0.3, -0.25) is 4.99 Å². The van der Waals surface area contributed by atoms with Crippen molar-refractivity contribution in [2.45, 2.75) is 32.9 Å². The zero-order valence-corrected chi connectivity index (χ0v) is 14.4. The summed E-state index contributed by atoms with van der Waals surface area (Å²) in [7, 11) is 0. The van der Waals surface area contributed by atoms with Crippen LogP contribution in [0.25, 0.3) is 0 Å². The summed E-state index contributed by atoms with van der Waals surface area (Å²) in [4.78, 5) is 16.3. The lowest BCUT2D eigenvalue weighted by molar-refractivity contribution is -0.158. The molecule has 0 atom stereocenters. The molecule has 2 aromatic rings. The Balaban J connectivity index is 1.94. The molecule has 0 bridgehead atoms. The highest BCUT2D eigenvalue weighted by Gasteiger charge is 2.31. The summed E-state index contributed by atoms with van der Waals surface area (Å²) in [6.45, 7) is 6.15. The Morgan fingerprint density at radius 2 is 1.75 bits per heavy atom. The fourth-order valence-electron chi connectivity index (χ4n) is 2.10. The molecule has 0 aliphatic carbocycles. The second kappa shape index (κ2) is 8.29. The van der Waals surface area contributed by atoms with E-state index in [4.69, 9.17) is 9.47 Å². The van der Waals surface area contributed by atoms with Gasteiger partial charge in [0.25, 0.3) is 0 Å². The van der Waals surface area contributed by atoms with E-state index in [1.807, 2.05) is 60.8 Å². The fourth-order valence-corrected chi connectivity index (χ4v) is 2.10. The molecule has 0 saturated heterocycles. The van der Waals surface area contributed by atoms with Crippen LogP contribution in [0.1, 0.15) is 31.9 Å². The summed E-state index contributed by atoms with van der Waals surface area (Å²) in [5, 5.41) is 0. The predicted octanol–water partition coefficient (Wildman–Crippen LogP) is 4.03. The van der Waals surface area contributed by atoms with Crippen LogP contribution in [0.3, 0.4) is 0 Å². The number of aliphatic imine (C=N–C) groups is 1. The lowest BCUT2D eigenvalue weighted by atomic mass is 10.1. The van der Waals surface area contributed by atoms with Gasteiger partial charge in [0.15, 0.2) is 5.60 Å². The first kappa shape index (κ1) is 17.7. The maximum atomic E-state index is 11.8. The summed E-state index contributed by atoms with van der Waals surface area (Å²) in [5.74, 6) is 0.242. The third-order valence-electron chi connectivity index (χ3n) is 3.38. The van der Waals surface area contributed by atoms with Gasteiger partial charge >= 0.3 is 5.97 Å². The molecule has 0 radical (unpaired) electrons. The molecule has 0 aliphatic rings. The Hall–Kier alpha value is -2.62. The molecule has 4 heteroatoms. The van der Waals surface area contributed by atoms with Crippen molar-refractivity contribution in [3.05, 3.63) is 65.7 Å². The van der Waals surface area contributed by atoms with Gasteiger partial charge in [0.2, 0.25) is 0 Å². The summed E-state index contributed by atoms with van der Waals surface area (Å²) < 4.78 is 10.7. The Bertz CT molecular complexity index is 676. The minimum absolute atomic E-state index is 0.336. The second-order valence-corrected chi connectivity index (χ2v) is 5.86. The predicted molar refractivity (Wildman–Crippen MR) is 95.5 cm³/mol. The third-order valence-corrected chi connectivity index (χ3v) is 3.38. The van der Waals surface area contributed by atoms with E-state index >= 15 is 0 Å². The maximum absolute atomic E-state index is 11.8. The van der Waals surface area contributed by atoms with E-state index in [0.29, 0.717) is 18.9 Å². The van der Waals surface area contributed by atoms with Crippen molar-refractivity contribution in [1.29, 1.82) is 0 Å². The van der Waals surface area contributed by atoms with E-state index in [0.717, 1.165) is 5.56 Å². The molecule has 0 amide bonds. The molecule has 4 nitrogen and oxygen atoms in total. The number of ether oxygens (including phenoxy) is 2. The van der Waals surface area contributed by atoms with Crippen molar-refractivity contribution in [1.82, 2.24) is 0 Å². The zero-order valence-electron chi connectivity index (χ0n) is 14.4. The van der Waals surface area contributed by atoms with Crippen LogP contribution in [0.2, 0.25) is 0 Å². The highest BCUT2D eigenvalue weighted by molar-refractivity contribution is 5.80. The van der Waals surface area contributed by atoms with Crippen molar-refractivity contribution >= 4 is 12.2 Å². The molecule has 24 heavy (non-hydrogen) atoms. The molecule has 0 fully saturated rings. The highest BCUT2D eigenvalue weighted by atomic mass is 16.6. The number of hydrogen-bond donors (Lipinski definition) is 0. The van der Waals surface area contributed by atoms with Crippen LogP contribution in [-0.4, -0.2) is 24.4 Å². The Kier molecular flexibility index (Phi) is 6.13. The van der Waals surface area contributed by atoms with Crippen LogP contribution in [0, 0.1) is 0 Å². The Morgan fingerprint density at radius 1 is 1.08 bits per heavy atom. The smallest absolute Gasteiger partial charge is 0.349 e. The maximum Gasteiger partial charge on any atom is 0.349 e. The monoisotopic (exact) mass is 325 g/mol.